The molecule has 0 bridgehead atoms. The van der Waals surface area contributed by atoms with Crippen molar-refractivity contribution in [1.29, 1.82) is 0 Å². The molecule has 12 heteroatoms. The summed E-state index contributed by atoms with van der Waals surface area (Å²) in [5.41, 5.74) is 6.10. The van der Waals surface area contributed by atoms with Crippen LogP contribution in [-0.2, 0) is 30.4 Å². The number of benzene rings is 1. The summed E-state index contributed by atoms with van der Waals surface area (Å²) < 4.78 is 0. The highest BCUT2D eigenvalue weighted by Crippen LogP contribution is 2.03. The number of nitrogens with one attached hydrogen (secondary N) is 3. The molecule has 0 fully saturated rings. The van der Waals surface area contributed by atoms with Gasteiger partial charge >= 0.3 is 11.9 Å². The number of carbonyl (C=O) groups excluding carboxylic acids is 3. The van der Waals surface area contributed by atoms with Gasteiger partial charge in [-0.15, -0.1) is 0 Å². The number of amides is 3. The Kier molecular flexibility index (Phi) is 10.1. The number of aliphatic carboxylic acids is 2. The van der Waals surface area contributed by atoms with E-state index in [1.165, 1.54) is 6.92 Å². The minimum absolute atomic E-state index is 0.0314. The van der Waals surface area contributed by atoms with Gasteiger partial charge in [-0.2, -0.15) is 0 Å². The van der Waals surface area contributed by atoms with Crippen LogP contribution in [0.2, 0.25) is 0 Å². The van der Waals surface area contributed by atoms with E-state index in [-0.39, 0.29) is 6.42 Å². The van der Waals surface area contributed by atoms with E-state index in [0.29, 0.717) is 5.56 Å². The lowest BCUT2D eigenvalue weighted by atomic mass is 10.1. The molecule has 4 unspecified atom stereocenters. The molecule has 0 aromatic heterocycles. The van der Waals surface area contributed by atoms with Gasteiger partial charge in [0.15, 0.2) is 0 Å². The average molecular weight is 438 g/mol. The lowest BCUT2D eigenvalue weighted by molar-refractivity contribution is -0.141. The first kappa shape index (κ1) is 25.5. The van der Waals surface area contributed by atoms with Crippen molar-refractivity contribution in [3.05, 3.63) is 35.9 Å². The van der Waals surface area contributed by atoms with Crippen molar-refractivity contribution in [2.24, 2.45) is 5.73 Å². The Hall–Kier alpha value is -3.51. The maximum absolute atomic E-state index is 12.2. The Morgan fingerprint density at radius 3 is 2.13 bits per heavy atom. The third-order valence-electron chi connectivity index (χ3n) is 4.13. The number of aliphatic hydroxyl groups excluding tert-OH is 1. The second kappa shape index (κ2) is 12.2. The zero-order chi connectivity index (χ0) is 23.6. The highest BCUT2D eigenvalue weighted by molar-refractivity contribution is 5.93. The fourth-order valence-electron chi connectivity index (χ4n) is 2.52. The van der Waals surface area contributed by atoms with Gasteiger partial charge in [-0.1, -0.05) is 30.3 Å². The number of hydrogen-bond donors (Lipinski definition) is 7. The van der Waals surface area contributed by atoms with Gasteiger partial charge in [0, 0.05) is 6.42 Å². The number of hydrogen-bond acceptors (Lipinski definition) is 7. The summed E-state index contributed by atoms with van der Waals surface area (Å²) in [5.74, 6) is -5.28. The molecule has 0 aliphatic heterocycles. The minimum Gasteiger partial charge on any atom is -0.481 e. The summed E-state index contributed by atoms with van der Waals surface area (Å²) in [7, 11) is 0. The summed E-state index contributed by atoms with van der Waals surface area (Å²) in [6, 6.07) is 4.45. The van der Waals surface area contributed by atoms with Gasteiger partial charge in [-0.3, -0.25) is 19.2 Å². The molecule has 0 aliphatic rings. The Morgan fingerprint density at radius 2 is 1.61 bits per heavy atom. The first-order chi connectivity index (χ1) is 14.5. The molecule has 1 rings (SSSR count). The second-order valence-electron chi connectivity index (χ2n) is 6.80. The quantitative estimate of drug-likeness (QED) is 0.185. The van der Waals surface area contributed by atoms with E-state index in [9.17, 15) is 34.2 Å². The molecule has 0 radical (unpaired) electrons. The number of rotatable bonds is 12. The molecule has 170 valence electrons. The van der Waals surface area contributed by atoms with E-state index >= 15 is 0 Å². The van der Waals surface area contributed by atoms with Crippen LogP contribution < -0.4 is 21.7 Å². The zero-order valence-corrected chi connectivity index (χ0v) is 16.8. The molecule has 4 atom stereocenters. The molecule has 0 spiro atoms. The van der Waals surface area contributed by atoms with E-state index in [0.717, 1.165) is 0 Å². The molecule has 0 saturated heterocycles. The van der Waals surface area contributed by atoms with Crippen LogP contribution in [0.25, 0.3) is 0 Å². The fraction of sp³-hybridized carbons (Fsp3) is 0.421. The average Bonchev–Trinajstić information content (AvgIpc) is 2.69. The van der Waals surface area contributed by atoms with Gasteiger partial charge in [-0.05, 0) is 12.5 Å². The molecule has 0 aliphatic carbocycles. The summed E-state index contributed by atoms with van der Waals surface area (Å²) in [4.78, 5) is 58.2. The van der Waals surface area contributed by atoms with Gasteiger partial charge in [0.2, 0.25) is 17.7 Å². The van der Waals surface area contributed by atoms with Crippen LogP contribution in [0.3, 0.4) is 0 Å². The smallest absolute Gasteiger partial charge is 0.326 e. The molecular formula is C19H26N4O8. The SMILES string of the molecule is CC(O)C(NC(=O)C(N)CC(=O)O)C(=O)NCC(=O)NC(Cc1ccccc1)C(=O)O. The Bertz CT molecular complexity index is 799. The van der Waals surface area contributed by atoms with Crippen LogP contribution in [0.5, 0.6) is 0 Å². The molecule has 0 saturated carbocycles. The van der Waals surface area contributed by atoms with Crippen LogP contribution in [-0.4, -0.2) is 75.8 Å². The largest absolute Gasteiger partial charge is 0.481 e. The summed E-state index contributed by atoms with van der Waals surface area (Å²) in [6.45, 7) is 0.589. The van der Waals surface area contributed by atoms with Crippen molar-refractivity contribution in [2.45, 2.75) is 44.0 Å². The second-order valence-corrected chi connectivity index (χ2v) is 6.80. The number of carboxylic acid groups (broad SMARTS) is 2. The van der Waals surface area contributed by atoms with Gasteiger partial charge in [0.1, 0.15) is 12.1 Å². The topological polar surface area (TPSA) is 208 Å². The van der Waals surface area contributed by atoms with Gasteiger partial charge in [0.25, 0.3) is 0 Å². The number of carbonyl (C=O) groups is 5. The molecule has 8 N–H and O–H groups in total. The predicted octanol–water partition coefficient (Wildman–Crippen LogP) is -2.42. The Balaban J connectivity index is 2.63. The molecule has 12 nitrogen and oxygen atoms in total. The maximum atomic E-state index is 12.2. The molecule has 0 heterocycles. The van der Waals surface area contributed by atoms with E-state index in [1.54, 1.807) is 30.3 Å². The molecule has 1 aromatic rings. The zero-order valence-electron chi connectivity index (χ0n) is 16.8. The molecule has 3 amide bonds. The highest BCUT2D eigenvalue weighted by Gasteiger charge is 2.29. The van der Waals surface area contributed by atoms with Gasteiger partial charge in [-0.25, -0.2) is 4.79 Å². The first-order valence-electron chi connectivity index (χ1n) is 9.30. The maximum Gasteiger partial charge on any atom is 0.326 e. The highest BCUT2D eigenvalue weighted by atomic mass is 16.4. The van der Waals surface area contributed by atoms with E-state index in [1.807, 2.05) is 0 Å². The number of aliphatic hydroxyl groups is 1. The Labute approximate surface area is 177 Å². The lowest BCUT2D eigenvalue weighted by Crippen LogP contribution is -2.57. The van der Waals surface area contributed by atoms with Crippen molar-refractivity contribution in [2.75, 3.05) is 6.54 Å². The monoisotopic (exact) mass is 438 g/mol. The number of nitrogens with two attached hydrogens (primary N) is 1. The van der Waals surface area contributed by atoms with E-state index < -0.39 is 66.9 Å². The third-order valence-corrected chi connectivity index (χ3v) is 4.13. The van der Waals surface area contributed by atoms with Crippen LogP contribution >= 0.6 is 0 Å². The first-order valence-corrected chi connectivity index (χ1v) is 9.30. The normalized spacial score (nSPS) is 14.4. The van der Waals surface area contributed by atoms with Crippen LogP contribution in [0.15, 0.2) is 30.3 Å². The molecular weight excluding hydrogens is 412 g/mol. The summed E-state index contributed by atoms with van der Waals surface area (Å²) >= 11 is 0. The third kappa shape index (κ3) is 9.23. The van der Waals surface area contributed by atoms with Crippen LogP contribution in [0.1, 0.15) is 18.9 Å². The van der Waals surface area contributed by atoms with Gasteiger partial charge in [0.05, 0.1) is 25.1 Å². The van der Waals surface area contributed by atoms with Crippen molar-refractivity contribution in [3.8, 4) is 0 Å². The van der Waals surface area contributed by atoms with Crippen molar-refractivity contribution >= 4 is 29.7 Å². The fourth-order valence-corrected chi connectivity index (χ4v) is 2.52. The van der Waals surface area contributed by atoms with Crippen molar-refractivity contribution in [1.82, 2.24) is 16.0 Å². The van der Waals surface area contributed by atoms with Crippen LogP contribution in [0, 0.1) is 0 Å². The van der Waals surface area contributed by atoms with Crippen LogP contribution in [0.4, 0.5) is 0 Å². The van der Waals surface area contributed by atoms with Crippen molar-refractivity contribution in [3.63, 3.8) is 0 Å². The van der Waals surface area contributed by atoms with E-state index in [2.05, 4.69) is 16.0 Å². The summed E-state index contributed by atoms with van der Waals surface area (Å²) in [5, 5.41) is 34.3. The lowest BCUT2D eigenvalue weighted by Gasteiger charge is -2.22. The number of carboxylic acids is 2. The van der Waals surface area contributed by atoms with Gasteiger partial charge < -0.3 is 37.0 Å². The van der Waals surface area contributed by atoms with E-state index in [4.69, 9.17) is 10.8 Å². The molecule has 31 heavy (non-hydrogen) atoms. The van der Waals surface area contributed by atoms with Crippen molar-refractivity contribution < 1.29 is 39.3 Å². The minimum atomic E-state index is -1.50. The predicted molar refractivity (Wildman–Crippen MR) is 107 cm³/mol. The summed E-state index contributed by atoms with van der Waals surface area (Å²) in [6.07, 6.45) is -2.03. The standard InChI is InChI=1S/C19H26N4O8/c1-10(24)16(23-17(28)12(20)8-15(26)27)18(29)21-9-14(25)22-13(19(30)31)7-11-5-3-2-4-6-11/h2-6,10,12-13,16,24H,7-9,20H2,1H3,(H,21,29)(H,22,25)(H,23,28)(H,26,27)(H,30,31). The molecule has 1 aromatic carbocycles. The Morgan fingerprint density at radius 1 is 1.00 bits per heavy atom.